The van der Waals surface area contributed by atoms with Gasteiger partial charge in [-0.1, -0.05) is 48.5 Å². The Kier molecular flexibility index (Phi) is 4.47. The number of hydrogen-bond donors (Lipinski definition) is 0. The fraction of sp³-hybridized carbons (Fsp3) is 0.250. The zero-order valence-electron chi connectivity index (χ0n) is 13.7. The van der Waals surface area contributed by atoms with Gasteiger partial charge in [0.1, 0.15) is 0 Å². The lowest BCUT2D eigenvalue weighted by atomic mass is 10.1. The van der Waals surface area contributed by atoms with Crippen molar-refractivity contribution < 1.29 is 4.79 Å². The molecule has 3 heteroatoms. The number of aryl methyl sites for hydroxylation is 2. The van der Waals surface area contributed by atoms with Gasteiger partial charge in [0.25, 0.3) is 0 Å². The van der Waals surface area contributed by atoms with E-state index in [1.54, 1.807) is 4.90 Å². The molecule has 2 aromatic carbocycles. The molecule has 0 aliphatic carbocycles. The highest BCUT2D eigenvalue weighted by Crippen LogP contribution is 2.21. The summed E-state index contributed by atoms with van der Waals surface area (Å²) in [6.07, 6.45) is 3.45. The second-order valence-corrected chi connectivity index (χ2v) is 6.02. The molecule has 0 fully saturated rings. The van der Waals surface area contributed by atoms with Crippen LogP contribution in [0.1, 0.15) is 17.5 Å². The molecule has 3 nitrogen and oxygen atoms in total. The van der Waals surface area contributed by atoms with Crippen LogP contribution in [0.5, 0.6) is 0 Å². The molecule has 0 bridgehead atoms. The van der Waals surface area contributed by atoms with Gasteiger partial charge in [-0.25, -0.2) is 0 Å². The van der Waals surface area contributed by atoms with E-state index in [1.807, 2.05) is 31.3 Å². The molecule has 3 rings (SSSR count). The van der Waals surface area contributed by atoms with Crippen LogP contribution in [0.25, 0.3) is 10.9 Å². The molecule has 1 amide bonds. The molecule has 0 saturated carbocycles. The maximum atomic E-state index is 12.4. The number of carbonyl (C=O) groups excluding carboxylic acids is 1. The van der Waals surface area contributed by atoms with Crippen molar-refractivity contribution in [3.63, 3.8) is 0 Å². The first-order chi connectivity index (χ1) is 11.1. The lowest BCUT2D eigenvalue weighted by Crippen LogP contribution is -2.26. The zero-order chi connectivity index (χ0) is 16.2. The van der Waals surface area contributed by atoms with Crippen LogP contribution in [0.2, 0.25) is 0 Å². The normalized spacial score (nSPS) is 10.9. The number of benzene rings is 2. The van der Waals surface area contributed by atoms with E-state index >= 15 is 0 Å². The van der Waals surface area contributed by atoms with Crippen molar-refractivity contribution in [2.24, 2.45) is 7.05 Å². The SMILES string of the molecule is CN(Cc1ccccc1)C(=O)CCc1cn(C)c2ccccc12. The third-order valence-corrected chi connectivity index (χ3v) is 4.28. The number of amides is 1. The molecular formula is C20H22N2O. The van der Waals surface area contributed by atoms with Crippen LogP contribution in [-0.2, 0) is 24.8 Å². The number of rotatable bonds is 5. The minimum atomic E-state index is 0.182. The fourth-order valence-corrected chi connectivity index (χ4v) is 3.00. The van der Waals surface area contributed by atoms with Crippen LogP contribution < -0.4 is 0 Å². The average Bonchev–Trinajstić information content (AvgIpc) is 2.90. The standard InChI is InChI=1S/C20H22N2O/c1-21-15-17(18-10-6-7-11-19(18)21)12-13-20(23)22(2)14-16-8-4-3-5-9-16/h3-11,15H,12-14H2,1-2H3. The average molecular weight is 306 g/mol. The number of aromatic nitrogens is 1. The van der Waals surface area contributed by atoms with Gasteiger partial charge in [0.2, 0.25) is 5.91 Å². The third kappa shape index (κ3) is 3.45. The van der Waals surface area contributed by atoms with Gasteiger partial charge >= 0.3 is 0 Å². The van der Waals surface area contributed by atoms with E-state index in [1.165, 1.54) is 16.5 Å². The number of hydrogen-bond acceptors (Lipinski definition) is 1. The van der Waals surface area contributed by atoms with Crippen LogP contribution in [0, 0.1) is 0 Å². The summed E-state index contributed by atoms with van der Waals surface area (Å²) >= 11 is 0. The van der Waals surface area contributed by atoms with Gasteiger partial charge < -0.3 is 9.47 Å². The van der Waals surface area contributed by atoms with Gasteiger partial charge in [0, 0.05) is 44.2 Å². The Bertz CT molecular complexity index is 805. The lowest BCUT2D eigenvalue weighted by molar-refractivity contribution is -0.130. The lowest BCUT2D eigenvalue weighted by Gasteiger charge is -2.17. The van der Waals surface area contributed by atoms with Crippen molar-refractivity contribution in [3.8, 4) is 0 Å². The molecule has 23 heavy (non-hydrogen) atoms. The Morgan fingerprint density at radius 2 is 1.74 bits per heavy atom. The van der Waals surface area contributed by atoms with Gasteiger partial charge in [-0.15, -0.1) is 0 Å². The summed E-state index contributed by atoms with van der Waals surface area (Å²) < 4.78 is 2.13. The van der Waals surface area contributed by atoms with Crippen LogP contribution in [0.3, 0.4) is 0 Å². The van der Waals surface area contributed by atoms with E-state index in [9.17, 15) is 4.79 Å². The Morgan fingerprint density at radius 3 is 2.52 bits per heavy atom. The Morgan fingerprint density at radius 1 is 1.04 bits per heavy atom. The summed E-state index contributed by atoms with van der Waals surface area (Å²) in [6.45, 7) is 0.662. The first kappa shape index (κ1) is 15.3. The maximum absolute atomic E-state index is 12.4. The molecule has 0 radical (unpaired) electrons. The van der Waals surface area contributed by atoms with E-state index in [0.29, 0.717) is 13.0 Å². The van der Waals surface area contributed by atoms with E-state index < -0.39 is 0 Å². The molecule has 0 spiro atoms. The summed E-state index contributed by atoms with van der Waals surface area (Å²) in [6, 6.07) is 18.4. The van der Waals surface area contributed by atoms with Crippen LogP contribution in [0.4, 0.5) is 0 Å². The second-order valence-electron chi connectivity index (χ2n) is 6.02. The minimum absolute atomic E-state index is 0.182. The van der Waals surface area contributed by atoms with Crippen molar-refractivity contribution in [3.05, 3.63) is 71.9 Å². The largest absolute Gasteiger partial charge is 0.350 e. The van der Waals surface area contributed by atoms with E-state index in [0.717, 1.165) is 12.0 Å². The smallest absolute Gasteiger partial charge is 0.222 e. The summed E-state index contributed by atoms with van der Waals surface area (Å²) in [5.74, 6) is 0.182. The van der Waals surface area contributed by atoms with E-state index in [-0.39, 0.29) is 5.91 Å². The Balaban J connectivity index is 1.64. The fourth-order valence-electron chi connectivity index (χ4n) is 3.00. The van der Waals surface area contributed by atoms with Gasteiger partial charge in [-0.2, -0.15) is 0 Å². The molecule has 0 unspecified atom stereocenters. The Hall–Kier alpha value is -2.55. The predicted octanol–water partition coefficient (Wildman–Crippen LogP) is 3.77. The monoisotopic (exact) mass is 306 g/mol. The number of carbonyl (C=O) groups is 1. The summed E-state index contributed by atoms with van der Waals surface area (Å²) in [4.78, 5) is 14.2. The van der Waals surface area contributed by atoms with Crippen LogP contribution >= 0.6 is 0 Å². The van der Waals surface area contributed by atoms with Crippen LogP contribution in [0.15, 0.2) is 60.8 Å². The first-order valence-electron chi connectivity index (χ1n) is 7.96. The first-order valence-corrected chi connectivity index (χ1v) is 7.96. The highest BCUT2D eigenvalue weighted by Gasteiger charge is 2.12. The minimum Gasteiger partial charge on any atom is -0.350 e. The topological polar surface area (TPSA) is 25.2 Å². The molecule has 0 aliphatic heterocycles. The zero-order valence-corrected chi connectivity index (χ0v) is 13.7. The molecule has 0 N–H and O–H groups in total. The Labute approximate surface area is 137 Å². The third-order valence-electron chi connectivity index (χ3n) is 4.28. The molecule has 0 aliphatic rings. The molecule has 118 valence electrons. The van der Waals surface area contributed by atoms with Gasteiger partial charge in [-0.05, 0) is 23.6 Å². The molecule has 1 aromatic heterocycles. The summed E-state index contributed by atoms with van der Waals surface area (Å²) in [5.41, 5.74) is 3.62. The van der Waals surface area contributed by atoms with Crippen molar-refractivity contribution in [1.82, 2.24) is 9.47 Å². The van der Waals surface area contributed by atoms with Crippen LogP contribution in [-0.4, -0.2) is 22.4 Å². The summed E-state index contributed by atoms with van der Waals surface area (Å²) in [5, 5.41) is 1.24. The molecule has 0 saturated heterocycles. The maximum Gasteiger partial charge on any atom is 0.222 e. The second kappa shape index (κ2) is 6.69. The van der Waals surface area contributed by atoms with Crippen molar-refractivity contribution in [1.29, 1.82) is 0 Å². The van der Waals surface area contributed by atoms with Crippen molar-refractivity contribution in [2.75, 3.05) is 7.05 Å². The van der Waals surface area contributed by atoms with Crippen molar-refractivity contribution >= 4 is 16.8 Å². The van der Waals surface area contributed by atoms with Gasteiger partial charge in [-0.3, -0.25) is 4.79 Å². The van der Waals surface area contributed by atoms with Crippen molar-refractivity contribution in [2.45, 2.75) is 19.4 Å². The number of para-hydroxylation sites is 1. The number of fused-ring (bicyclic) bond motifs is 1. The van der Waals surface area contributed by atoms with Gasteiger partial charge in [0.05, 0.1) is 0 Å². The highest BCUT2D eigenvalue weighted by molar-refractivity contribution is 5.84. The highest BCUT2D eigenvalue weighted by atomic mass is 16.2. The van der Waals surface area contributed by atoms with E-state index in [4.69, 9.17) is 0 Å². The summed E-state index contributed by atoms with van der Waals surface area (Å²) in [7, 11) is 3.92. The van der Waals surface area contributed by atoms with E-state index in [2.05, 4.69) is 48.1 Å². The quantitative estimate of drug-likeness (QED) is 0.704. The number of nitrogens with zero attached hydrogens (tertiary/aromatic N) is 2. The molecule has 3 aromatic rings. The molecule has 0 atom stereocenters. The predicted molar refractivity (Wildman–Crippen MR) is 94.2 cm³/mol. The molecular weight excluding hydrogens is 284 g/mol. The van der Waals surface area contributed by atoms with Gasteiger partial charge in [0.15, 0.2) is 0 Å². The molecule has 1 heterocycles.